The zero-order valence-corrected chi connectivity index (χ0v) is 8.19. The van der Waals surface area contributed by atoms with Gasteiger partial charge in [0.25, 0.3) is 0 Å². The van der Waals surface area contributed by atoms with E-state index in [1.165, 1.54) is 12.8 Å². The van der Waals surface area contributed by atoms with Crippen LogP contribution in [0.1, 0.15) is 36.6 Å². The smallest absolute Gasteiger partial charge is 0.0683 e. The zero-order chi connectivity index (χ0) is 9.97. The van der Waals surface area contributed by atoms with Crippen molar-refractivity contribution in [3.05, 3.63) is 29.6 Å². The zero-order valence-electron chi connectivity index (χ0n) is 8.19. The average Bonchev–Trinajstić information content (AvgIpc) is 3.02. The van der Waals surface area contributed by atoms with Crippen LogP contribution in [0.4, 0.5) is 0 Å². The molecule has 76 valence electrons. The van der Waals surface area contributed by atoms with E-state index in [0.717, 1.165) is 23.6 Å². The average molecular weight is 192 g/mol. The lowest BCUT2D eigenvalue weighted by Crippen LogP contribution is -2.13. The first-order chi connectivity index (χ1) is 6.79. The summed E-state index contributed by atoms with van der Waals surface area (Å²) >= 11 is 0. The van der Waals surface area contributed by atoms with E-state index in [9.17, 15) is 0 Å². The van der Waals surface area contributed by atoms with Crippen LogP contribution in [0.5, 0.6) is 0 Å². The monoisotopic (exact) mass is 192 g/mol. The second-order valence-electron chi connectivity index (χ2n) is 4.03. The Balaban J connectivity index is 2.05. The Bertz CT molecular complexity index is 310. The number of nitrogens with zero attached hydrogens (tertiary/aromatic N) is 1. The molecule has 0 aliphatic heterocycles. The summed E-state index contributed by atoms with van der Waals surface area (Å²) in [6, 6.07) is 3.74. The SMILES string of the molecule is N[C@H](CC1CC1)c1cc(CO)ccn1. The highest BCUT2D eigenvalue weighted by molar-refractivity contribution is 5.18. The van der Waals surface area contributed by atoms with Crippen molar-refractivity contribution in [1.82, 2.24) is 4.98 Å². The molecule has 0 bridgehead atoms. The summed E-state index contributed by atoms with van der Waals surface area (Å²) in [6.07, 6.45) is 5.37. The molecule has 3 nitrogen and oxygen atoms in total. The van der Waals surface area contributed by atoms with Crippen LogP contribution in [0.25, 0.3) is 0 Å². The Hall–Kier alpha value is -0.930. The van der Waals surface area contributed by atoms with Gasteiger partial charge in [-0.2, -0.15) is 0 Å². The second-order valence-corrected chi connectivity index (χ2v) is 4.03. The molecule has 0 spiro atoms. The molecule has 0 radical (unpaired) electrons. The lowest BCUT2D eigenvalue weighted by Gasteiger charge is -2.10. The predicted molar refractivity (Wildman–Crippen MR) is 54.4 cm³/mol. The number of aromatic nitrogens is 1. The molecule has 14 heavy (non-hydrogen) atoms. The highest BCUT2D eigenvalue weighted by atomic mass is 16.3. The molecule has 1 aromatic rings. The van der Waals surface area contributed by atoms with Gasteiger partial charge in [-0.05, 0) is 30.0 Å². The van der Waals surface area contributed by atoms with Crippen molar-refractivity contribution in [2.24, 2.45) is 11.7 Å². The van der Waals surface area contributed by atoms with Crippen molar-refractivity contribution >= 4 is 0 Å². The van der Waals surface area contributed by atoms with Gasteiger partial charge in [-0.25, -0.2) is 0 Å². The minimum atomic E-state index is 0.0361. The lowest BCUT2D eigenvalue weighted by atomic mass is 10.1. The molecule has 1 saturated carbocycles. The molecule has 0 amide bonds. The molecule has 3 heteroatoms. The Labute approximate surface area is 84.0 Å². The topological polar surface area (TPSA) is 59.1 Å². The fourth-order valence-corrected chi connectivity index (χ4v) is 1.63. The van der Waals surface area contributed by atoms with Crippen molar-refractivity contribution < 1.29 is 5.11 Å². The molecular formula is C11H16N2O. The summed E-state index contributed by atoms with van der Waals surface area (Å²) in [5.74, 6) is 0.810. The maximum Gasteiger partial charge on any atom is 0.0683 e. The van der Waals surface area contributed by atoms with Gasteiger partial charge in [0.05, 0.1) is 12.3 Å². The predicted octanol–water partition coefficient (Wildman–Crippen LogP) is 1.37. The van der Waals surface area contributed by atoms with Crippen LogP contribution >= 0.6 is 0 Å². The highest BCUT2D eigenvalue weighted by Crippen LogP contribution is 2.36. The summed E-state index contributed by atoms with van der Waals surface area (Å²) < 4.78 is 0. The normalized spacial score (nSPS) is 18.1. The summed E-state index contributed by atoms with van der Waals surface area (Å²) in [5, 5.41) is 8.97. The maximum atomic E-state index is 8.97. The first-order valence-electron chi connectivity index (χ1n) is 5.11. The fourth-order valence-electron chi connectivity index (χ4n) is 1.63. The minimum absolute atomic E-state index is 0.0361. The lowest BCUT2D eigenvalue weighted by molar-refractivity contribution is 0.281. The van der Waals surface area contributed by atoms with Crippen LogP contribution in [0.3, 0.4) is 0 Å². The summed E-state index contributed by atoms with van der Waals surface area (Å²) in [6.45, 7) is 0.0612. The van der Waals surface area contributed by atoms with E-state index in [0.29, 0.717) is 0 Å². The van der Waals surface area contributed by atoms with Crippen molar-refractivity contribution in [3.8, 4) is 0 Å². The summed E-state index contributed by atoms with van der Waals surface area (Å²) in [4.78, 5) is 4.23. The molecular weight excluding hydrogens is 176 g/mol. The molecule has 1 aromatic heterocycles. The molecule has 2 rings (SSSR count). The highest BCUT2D eigenvalue weighted by Gasteiger charge is 2.24. The van der Waals surface area contributed by atoms with Crippen LogP contribution in [0.15, 0.2) is 18.3 Å². The standard InChI is InChI=1S/C11H16N2O/c12-10(5-8-1-2-8)11-6-9(7-14)3-4-13-11/h3-4,6,8,10,14H,1-2,5,7,12H2/t10-/m1/s1. The van der Waals surface area contributed by atoms with Gasteiger partial charge in [0.1, 0.15) is 0 Å². The summed E-state index contributed by atoms with van der Waals surface area (Å²) in [5.41, 5.74) is 7.81. The number of pyridine rings is 1. The Morgan fingerprint density at radius 2 is 2.36 bits per heavy atom. The third-order valence-electron chi connectivity index (χ3n) is 2.69. The van der Waals surface area contributed by atoms with E-state index in [-0.39, 0.29) is 12.6 Å². The number of aliphatic hydroxyl groups excluding tert-OH is 1. The first kappa shape index (κ1) is 9.62. The van der Waals surface area contributed by atoms with Gasteiger partial charge in [0, 0.05) is 12.2 Å². The van der Waals surface area contributed by atoms with Gasteiger partial charge in [-0.3, -0.25) is 4.98 Å². The quantitative estimate of drug-likeness (QED) is 0.757. The van der Waals surface area contributed by atoms with Crippen molar-refractivity contribution in [1.29, 1.82) is 0 Å². The number of rotatable bonds is 4. The van der Waals surface area contributed by atoms with Crippen LogP contribution in [0, 0.1) is 5.92 Å². The Morgan fingerprint density at radius 3 is 3.00 bits per heavy atom. The van der Waals surface area contributed by atoms with E-state index in [4.69, 9.17) is 10.8 Å². The van der Waals surface area contributed by atoms with Gasteiger partial charge in [-0.15, -0.1) is 0 Å². The van der Waals surface area contributed by atoms with E-state index in [1.54, 1.807) is 6.20 Å². The third kappa shape index (κ3) is 2.30. The van der Waals surface area contributed by atoms with Crippen LogP contribution < -0.4 is 5.73 Å². The first-order valence-corrected chi connectivity index (χ1v) is 5.11. The van der Waals surface area contributed by atoms with Gasteiger partial charge < -0.3 is 10.8 Å². The number of hydrogen-bond donors (Lipinski definition) is 2. The fraction of sp³-hybridized carbons (Fsp3) is 0.545. The third-order valence-corrected chi connectivity index (χ3v) is 2.69. The molecule has 1 aliphatic carbocycles. The van der Waals surface area contributed by atoms with Gasteiger partial charge in [0.15, 0.2) is 0 Å². The summed E-state index contributed by atoms with van der Waals surface area (Å²) in [7, 11) is 0. The van der Waals surface area contributed by atoms with Crippen molar-refractivity contribution in [3.63, 3.8) is 0 Å². The molecule has 0 unspecified atom stereocenters. The second kappa shape index (κ2) is 4.07. The van der Waals surface area contributed by atoms with Crippen molar-refractivity contribution in [2.45, 2.75) is 31.9 Å². The number of nitrogens with two attached hydrogens (primary N) is 1. The van der Waals surface area contributed by atoms with E-state index < -0.39 is 0 Å². The van der Waals surface area contributed by atoms with Gasteiger partial charge in [-0.1, -0.05) is 12.8 Å². The van der Waals surface area contributed by atoms with Gasteiger partial charge in [0.2, 0.25) is 0 Å². The molecule has 3 N–H and O–H groups in total. The molecule has 0 saturated heterocycles. The van der Waals surface area contributed by atoms with Crippen molar-refractivity contribution in [2.75, 3.05) is 0 Å². The van der Waals surface area contributed by atoms with E-state index >= 15 is 0 Å². The van der Waals surface area contributed by atoms with Crippen LogP contribution in [-0.2, 0) is 6.61 Å². The largest absolute Gasteiger partial charge is 0.392 e. The molecule has 0 aromatic carbocycles. The Kier molecular flexibility index (Phi) is 2.79. The number of aliphatic hydroxyl groups is 1. The molecule has 1 atom stereocenters. The van der Waals surface area contributed by atoms with E-state index in [1.807, 2.05) is 12.1 Å². The van der Waals surface area contributed by atoms with Crippen LogP contribution in [-0.4, -0.2) is 10.1 Å². The molecule has 1 heterocycles. The Morgan fingerprint density at radius 1 is 1.57 bits per heavy atom. The molecule has 1 fully saturated rings. The number of hydrogen-bond acceptors (Lipinski definition) is 3. The van der Waals surface area contributed by atoms with E-state index in [2.05, 4.69) is 4.98 Å². The minimum Gasteiger partial charge on any atom is -0.392 e. The molecule has 1 aliphatic rings. The van der Waals surface area contributed by atoms with Crippen LogP contribution in [0.2, 0.25) is 0 Å². The maximum absolute atomic E-state index is 8.97. The van der Waals surface area contributed by atoms with Gasteiger partial charge >= 0.3 is 0 Å².